The van der Waals surface area contributed by atoms with Crippen LogP contribution in [-0.4, -0.2) is 30.2 Å². The summed E-state index contributed by atoms with van der Waals surface area (Å²) in [5, 5.41) is 17.0. The number of aromatic hydroxyl groups is 1. The third kappa shape index (κ3) is 3.34. The van der Waals surface area contributed by atoms with Crippen LogP contribution in [0.3, 0.4) is 0 Å². The van der Waals surface area contributed by atoms with Gasteiger partial charge < -0.3 is 25.2 Å². The van der Waals surface area contributed by atoms with Gasteiger partial charge in [0.15, 0.2) is 16.6 Å². The molecule has 28 heavy (non-hydrogen) atoms. The van der Waals surface area contributed by atoms with E-state index in [1.165, 1.54) is 25.6 Å². The van der Waals surface area contributed by atoms with Crippen LogP contribution in [0.25, 0.3) is 0 Å². The Bertz CT molecular complexity index is 995. The Morgan fingerprint density at radius 1 is 1.18 bits per heavy atom. The van der Waals surface area contributed by atoms with Gasteiger partial charge in [0.2, 0.25) is 11.7 Å². The minimum atomic E-state index is -0.212. The van der Waals surface area contributed by atoms with E-state index in [-0.39, 0.29) is 24.0 Å². The Kier molecular flexibility index (Phi) is 4.79. The number of amides is 1. The minimum absolute atomic E-state index is 0.0648. The van der Waals surface area contributed by atoms with Crippen molar-refractivity contribution in [1.29, 1.82) is 0 Å². The maximum absolute atomic E-state index is 12.3. The standard InChI is InChI=1S/C20H19N3O4S/c1-26-14-8-11(9-15(27-2)17(14)25)13-10-16(24)22-19-18(13)28-20(23-19)21-12-6-4-3-5-7-12/h3-9,13,25H,10H2,1-2H3,(H,21,23)(H,22,24)/t13-/m0/s1. The van der Waals surface area contributed by atoms with E-state index in [0.29, 0.717) is 22.4 Å². The first-order valence-corrected chi connectivity index (χ1v) is 9.48. The van der Waals surface area contributed by atoms with E-state index < -0.39 is 0 Å². The van der Waals surface area contributed by atoms with Crippen molar-refractivity contribution >= 4 is 33.9 Å². The molecule has 0 bridgehead atoms. The maximum atomic E-state index is 12.3. The zero-order valence-electron chi connectivity index (χ0n) is 15.4. The molecule has 144 valence electrons. The van der Waals surface area contributed by atoms with E-state index in [1.807, 2.05) is 30.3 Å². The van der Waals surface area contributed by atoms with Crippen LogP contribution in [0.15, 0.2) is 42.5 Å². The van der Waals surface area contributed by atoms with Crippen LogP contribution < -0.4 is 20.1 Å². The van der Waals surface area contributed by atoms with Crippen LogP contribution in [0.5, 0.6) is 17.2 Å². The number of aromatic nitrogens is 1. The maximum Gasteiger partial charge on any atom is 0.226 e. The molecule has 3 N–H and O–H groups in total. The number of carbonyl (C=O) groups excluding carboxylic acids is 1. The summed E-state index contributed by atoms with van der Waals surface area (Å²) in [7, 11) is 2.96. The summed E-state index contributed by atoms with van der Waals surface area (Å²) < 4.78 is 10.5. The highest BCUT2D eigenvalue weighted by molar-refractivity contribution is 7.16. The number of carbonyl (C=O) groups is 1. The van der Waals surface area contributed by atoms with Gasteiger partial charge in [0.25, 0.3) is 0 Å². The molecule has 0 unspecified atom stereocenters. The summed E-state index contributed by atoms with van der Waals surface area (Å²) in [5.41, 5.74) is 1.74. The number of thiazole rings is 1. The number of phenols is 1. The molecule has 7 nitrogen and oxygen atoms in total. The Labute approximate surface area is 166 Å². The van der Waals surface area contributed by atoms with Crippen LogP contribution in [-0.2, 0) is 4.79 Å². The van der Waals surface area contributed by atoms with Crippen molar-refractivity contribution in [3.63, 3.8) is 0 Å². The molecule has 2 aromatic carbocycles. The smallest absolute Gasteiger partial charge is 0.226 e. The lowest BCUT2D eigenvalue weighted by Crippen LogP contribution is -2.22. The molecule has 0 radical (unpaired) electrons. The second kappa shape index (κ2) is 7.40. The molecule has 4 rings (SSSR count). The number of nitrogens with zero attached hydrogens (tertiary/aromatic N) is 1. The number of ether oxygens (including phenoxy) is 2. The van der Waals surface area contributed by atoms with Gasteiger partial charge in [-0.3, -0.25) is 4.79 Å². The number of anilines is 3. The predicted octanol–water partition coefficient (Wildman–Crippen LogP) is 4.08. The van der Waals surface area contributed by atoms with Gasteiger partial charge in [0.1, 0.15) is 5.82 Å². The number of hydrogen-bond acceptors (Lipinski definition) is 7. The highest BCUT2D eigenvalue weighted by Gasteiger charge is 2.31. The zero-order valence-corrected chi connectivity index (χ0v) is 16.2. The van der Waals surface area contributed by atoms with Gasteiger partial charge in [0.05, 0.1) is 19.1 Å². The average molecular weight is 397 g/mol. The van der Waals surface area contributed by atoms with Crippen molar-refractivity contribution in [2.24, 2.45) is 0 Å². The van der Waals surface area contributed by atoms with Gasteiger partial charge in [-0.2, -0.15) is 0 Å². The molecule has 2 heterocycles. The normalized spacial score (nSPS) is 15.5. The molecule has 1 atom stereocenters. The van der Waals surface area contributed by atoms with E-state index in [9.17, 15) is 9.90 Å². The average Bonchev–Trinajstić information content (AvgIpc) is 3.10. The third-order valence-corrected chi connectivity index (χ3v) is 5.63. The van der Waals surface area contributed by atoms with Crippen LogP contribution in [0.1, 0.15) is 22.8 Å². The molecule has 0 saturated heterocycles. The fraction of sp³-hybridized carbons (Fsp3) is 0.200. The topological polar surface area (TPSA) is 92.7 Å². The van der Waals surface area contributed by atoms with Crippen molar-refractivity contribution in [3.05, 3.63) is 52.9 Å². The molecule has 1 aromatic heterocycles. The summed E-state index contributed by atoms with van der Waals surface area (Å²) >= 11 is 1.49. The number of para-hydroxylation sites is 1. The van der Waals surface area contributed by atoms with Gasteiger partial charge in [-0.1, -0.05) is 29.5 Å². The second-order valence-corrected chi connectivity index (χ2v) is 7.33. The molecule has 1 aliphatic heterocycles. The SMILES string of the molecule is COc1cc([C@@H]2CC(=O)Nc3nc(Nc4ccccc4)sc32)cc(OC)c1O. The zero-order chi connectivity index (χ0) is 19.7. The van der Waals surface area contributed by atoms with Gasteiger partial charge in [-0.25, -0.2) is 4.98 Å². The summed E-state index contributed by atoms with van der Waals surface area (Å²) in [5.74, 6) is 0.764. The van der Waals surface area contributed by atoms with E-state index in [1.54, 1.807) is 12.1 Å². The fourth-order valence-corrected chi connectivity index (χ4v) is 4.27. The van der Waals surface area contributed by atoms with Gasteiger partial charge in [-0.05, 0) is 29.8 Å². The van der Waals surface area contributed by atoms with Gasteiger partial charge >= 0.3 is 0 Å². The highest BCUT2D eigenvalue weighted by Crippen LogP contribution is 2.46. The lowest BCUT2D eigenvalue weighted by Gasteiger charge is -2.22. The van der Waals surface area contributed by atoms with Crippen molar-refractivity contribution < 1.29 is 19.4 Å². The van der Waals surface area contributed by atoms with Crippen molar-refractivity contribution in [2.45, 2.75) is 12.3 Å². The molecule has 0 fully saturated rings. The predicted molar refractivity (Wildman–Crippen MR) is 108 cm³/mol. The first-order chi connectivity index (χ1) is 13.6. The Morgan fingerprint density at radius 2 is 1.86 bits per heavy atom. The Hall–Kier alpha value is -3.26. The van der Waals surface area contributed by atoms with Gasteiger partial charge in [-0.15, -0.1) is 0 Å². The number of nitrogens with one attached hydrogen (secondary N) is 2. The minimum Gasteiger partial charge on any atom is -0.502 e. The second-order valence-electron chi connectivity index (χ2n) is 6.30. The molecule has 0 saturated carbocycles. The lowest BCUT2D eigenvalue weighted by molar-refractivity contribution is -0.116. The fourth-order valence-electron chi connectivity index (χ4n) is 3.20. The van der Waals surface area contributed by atoms with Crippen molar-refractivity contribution in [2.75, 3.05) is 24.9 Å². The molecular weight excluding hydrogens is 378 g/mol. The number of phenolic OH excluding ortho intramolecular Hbond substituents is 1. The van der Waals surface area contributed by atoms with Crippen LogP contribution in [0.4, 0.5) is 16.6 Å². The largest absolute Gasteiger partial charge is 0.502 e. The summed E-state index contributed by atoms with van der Waals surface area (Å²) in [4.78, 5) is 17.8. The molecular formula is C20H19N3O4S. The number of hydrogen-bond donors (Lipinski definition) is 3. The van der Waals surface area contributed by atoms with Crippen molar-refractivity contribution in [3.8, 4) is 17.2 Å². The monoisotopic (exact) mass is 397 g/mol. The molecule has 1 amide bonds. The lowest BCUT2D eigenvalue weighted by atomic mass is 9.91. The summed E-state index contributed by atoms with van der Waals surface area (Å²) in [6, 6.07) is 13.2. The van der Waals surface area contributed by atoms with Crippen LogP contribution in [0, 0.1) is 0 Å². The molecule has 1 aliphatic rings. The van der Waals surface area contributed by atoms with E-state index in [0.717, 1.165) is 16.1 Å². The third-order valence-electron chi connectivity index (χ3n) is 4.55. The van der Waals surface area contributed by atoms with E-state index in [2.05, 4.69) is 15.6 Å². The summed E-state index contributed by atoms with van der Waals surface area (Å²) in [6.07, 6.45) is 0.275. The van der Waals surface area contributed by atoms with Crippen LogP contribution >= 0.6 is 11.3 Å². The first kappa shape index (κ1) is 18.1. The number of rotatable bonds is 5. The Balaban J connectivity index is 1.74. The molecule has 0 aliphatic carbocycles. The van der Waals surface area contributed by atoms with Crippen molar-refractivity contribution in [1.82, 2.24) is 4.98 Å². The summed E-state index contributed by atoms with van der Waals surface area (Å²) in [6.45, 7) is 0. The van der Waals surface area contributed by atoms with E-state index >= 15 is 0 Å². The molecule has 0 spiro atoms. The highest BCUT2D eigenvalue weighted by atomic mass is 32.1. The number of benzene rings is 2. The first-order valence-electron chi connectivity index (χ1n) is 8.66. The molecule has 8 heteroatoms. The quantitative estimate of drug-likeness (QED) is 0.601. The van der Waals surface area contributed by atoms with E-state index in [4.69, 9.17) is 9.47 Å². The van der Waals surface area contributed by atoms with Crippen LogP contribution in [0.2, 0.25) is 0 Å². The molecule has 3 aromatic rings. The van der Waals surface area contributed by atoms with Gasteiger partial charge in [0, 0.05) is 18.0 Å². The Morgan fingerprint density at radius 3 is 2.50 bits per heavy atom. The number of fused-ring (bicyclic) bond motifs is 1. The number of methoxy groups -OCH3 is 2.